The third-order valence-corrected chi connectivity index (χ3v) is 5.97. The van der Waals surface area contributed by atoms with E-state index in [4.69, 9.17) is 0 Å². The Hall–Kier alpha value is -2.72. The number of rotatable bonds is 9. The Morgan fingerprint density at radius 3 is 2.19 bits per heavy atom. The summed E-state index contributed by atoms with van der Waals surface area (Å²) in [6, 6.07) is 4.53. The Morgan fingerprint density at radius 2 is 1.65 bits per heavy atom. The highest BCUT2D eigenvalue weighted by atomic mass is 32.2. The molecular formula is C21H32N6O3S. The van der Waals surface area contributed by atoms with E-state index in [1.165, 1.54) is 6.07 Å². The van der Waals surface area contributed by atoms with Gasteiger partial charge in [0.1, 0.15) is 10.7 Å². The molecule has 1 heterocycles. The number of benzene rings is 1. The highest BCUT2D eigenvalue weighted by molar-refractivity contribution is 7.90. The fourth-order valence-electron chi connectivity index (χ4n) is 3.12. The van der Waals surface area contributed by atoms with Crippen LogP contribution in [0.1, 0.15) is 56.2 Å². The van der Waals surface area contributed by atoms with Crippen molar-refractivity contribution >= 4 is 27.6 Å². The highest BCUT2D eigenvalue weighted by Crippen LogP contribution is 2.33. The minimum Gasteiger partial charge on any atom is -0.367 e. The van der Waals surface area contributed by atoms with Crippen LogP contribution in [0.3, 0.4) is 0 Å². The third-order valence-electron chi connectivity index (χ3n) is 4.67. The van der Waals surface area contributed by atoms with Crippen molar-refractivity contribution in [3.63, 3.8) is 0 Å². The van der Waals surface area contributed by atoms with Gasteiger partial charge in [-0.1, -0.05) is 45.4 Å². The number of aromatic nitrogens is 2. The molecule has 9 nitrogen and oxygen atoms in total. The van der Waals surface area contributed by atoms with E-state index in [2.05, 4.69) is 30.9 Å². The Balaban J connectivity index is 2.25. The molecule has 0 radical (unpaired) electrons. The average molecular weight is 449 g/mol. The number of anilines is 2. The van der Waals surface area contributed by atoms with Crippen LogP contribution >= 0.6 is 0 Å². The Bertz CT molecular complexity index is 993. The van der Waals surface area contributed by atoms with Crippen molar-refractivity contribution in [1.29, 1.82) is 0 Å². The van der Waals surface area contributed by atoms with E-state index in [0.717, 1.165) is 22.9 Å². The van der Waals surface area contributed by atoms with E-state index in [1.54, 1.807) is 7.05 Å². The molecular weight excluding hydrogens is 416 g/mol. The normalized spacial score (nSPS) is 11.6. The molecule has 31 heavy (non-hydrogen) atoms. The molecule has 0 unspecified atom stereocenters. The summed E-state index contributed by atoms with van der Waals surface area (Å²) in [5.74, 6) is 0.612. The molecule has 0 aliphatic carbocycles. The summed E-state index contributed by atoms with van der Waals surface area (Å²) in [4.78, 5) is 12.5. The van der Waals surface area contributed by atoms with Gasteiger partial charge in [-0.05, 0) is 36.9 Å². The molecule has 0 bridgehead atoms. The second-order valence-corrected chi connectivity index (χ2v) is 9.68. The van der Waals surface area contributed by atoms with Gasteiger partial charge in [0.05, 0.1) is 6.20 Å². The number of carbonyl (C=O) groups is 1. The van der Waals surface area contributed by atoms with Crippen LogP contribution in [-0.2, 0) is 10.0 Å². The van der Waals surface area contributed by atoms with Gasteiger partial charge >= 0.3 is 6.03 Å². The van der Waals surface area contributed by atoms with Crippen molar-refractivity contribution in [1.82, 2.24) is 20.2 Å². The van der Waals surface area contributed by atoms with Crippen molar-refractivity contribution in [2.75, 3.05) is 30.8 Å². The number of nitrogens with zero attached hydrogens (tertiary/aromatic N) is 2. The predicted molar refractivity (Wildman–Crippen MR) is 123 cm³/mol. The molecule has 1 aromatic heterocycles. The number of aryl methyl sites for hydroxylation is 1. The molecule has 0 aliphatic rings. The number of amides is 2. The maximum atomic E-state index is 12.7. The molecule has 0 spiro atoms. The van der Waals surface area contributed by atoms with E-state index in [9.17, 15) is 13.2 Å². The predicted octanol–water partition coefficient (Wildman–Crippen LogP) is 3.17. The number of hydrogen-bond acceptors (Lipinski definition) is 7. The zero-order valence-corrected chi connectivity index (χ0v) is 19.7. The van der Waals surface area contributed by atoms with Gasteiger partial charge in [-0.25, -0.2) is 17.9 Å². The molecule has 0 saturated heterocycles. The molecule has 2 aromatic rings. The first kappa shape index (κ1) is 24.5. The van der Waals surface area contributed by atoms with Crippen LogP contribution in [0.2, 0.25) is 0 Å². The zero-order chi connectivity index (χ0) is 23.2. The van der Waals surface area contributed by atoms with Gasteiger partial charge in [0.25, 0.3) is 10.0 Å². The van der Waals surface area contributed by atoms with Gasteiger partial charge in [0, 0.05) is 24.8 Å². The Morgan fingerprint density at radius 1 is 1.03 bits per heavy atom. The number of likely N-dealkylation sites (N-methyl/N-ethyl adjacent to an activating group) is 1. The first-order valence-corrected chi connectivity index (χ1v) is 11.7. The topological polar surface area (TPSA) is 125 Å². The summed E-state index contributed by atoms with van der Waals surface area (Å²) in [6.45, 7) is 11.4. The maximum absolute atomic E-state index is 12.7. The molecule has 170 valence electrons. The quantitative estimate of drug-likeness (QED) is 0.434. The summed E-state index contributed by atoms with van der Waals surface area (Å²) in [6.07, 6.45) is 1.10. The van der Waals surface area contributed by atoms with Crippen LogP contribution in [0, 0.1) is 6.92 Å². The molecule has 0 atom stereocenters. The average Bonchev–Trinajstić information content (AvgIpc) is 2.68. The lowest BCUT2D eigenvalue weighted by molar-refractivity contribution is 0.256. The SMILES string of the molecule is CNCCNc1cc(S(=O)(=O)NC(=O)Nc2c(C(C)C)cc(C)cc2C(C)C)cnn1. The van der Waals surface area contributed by atoms with Crippen LogP contribution in [-0.4, -0.2) is 44.8 Å². The second-order valence-electron chi connectivity index (χ2n) is 7.99. The van der Waals surface area contributed by atoms with Gasteiger partial charge in [0.15, 0.2) is 0 Å². The first-order valence-electron chi connectivity index (χ1n) is 10.2. The van der Waals surface area contributed by atoms with E-state index in [0.29, 0.717) is 24.6 Å². The highest BCUT2D eigenvalue weighted by Gasteiger charge is 2.22. The lowest BCUT2D eigenvalue weighted by atomic mass is 9.90. The minimum atomic E-state index is -4.13. The molecule has 2 amide bonds. The van der Waals surface area contributed by atoms with E-state index in [1.807, 2.05) is 46.8 Å². The Kier molecular flexibility index (Phi) is 8.35. The molecule has 0 fully saturated rings. The number of urea groups is 1. The van der Waals surface area contributed by atoms with Crippen LogP contribution < -0.4 is 20.7 Å². The smallest absolute Gasteiger partial charge is 0.333 e. The van der Waals surface area contributed by atoms with Crippen LogP contribution in [0.25, 0.3) is 0 Å². The van der Waals surface area contributed by atoms with Crippen LogP contribution in [0.4, 0.5) is 16.3 Å². The van der Waals surface area contributed by atoms with Gasteiger partial charge in [0.2, 0.25) is 0 Å². The maximum Gasteiger partial charge on any atom is 0.333 e. The van der Waals surface area contributed by atoms with Crippen molar-refractivity contribution in [3.8, 4) is 0 Å². The van der Waals surface area contributed by atoms with Crippen LogP contribution in [0.15, 0.2) is 29.3 Å². The second kappa shape index (κ2) is 10.5. The van der Waals surface area contributed by atoms with Gasteiger partial charge in [-0.15, -0.1) is 5.10 Å². The zero-order valence-electron chi connectivity index (χ0n) is 18.9. The standard InChI is InChI=1S/C21H32N6O3S/c1-13(2)17-9-15(5)10-18(14(3)4)20(17)25-21(28)27-31(29,30)16-11-19(26-24-12-16)23-8-7-22-6/h9-14,22H,7-8H2,1-6H3,(H,23,26)(H2,25,27,28). The number of carbonyl (C=O) groups excluding carboxylic acids is 1. The summed E-state index contributed by atoms with van der Waals surface area (Å²) < 4.78 is 27.5. The monoisotopic (exact) mass is 448 g/mol. The number of nitrogens with one attached hydrogen (secondary N) is 4. The summed E-state index contributed by atoms with van der Waals surface area (Å²) in [5.41, 5.74) is 3.65. The molecule has 0 aliphatic heterocycles. The lowest BCUT2D eigenvalue weighted by Gasteiger charge is -2.21. The summed E-state index contributed by atoms with van der Waals surface area (Å²) in [7, 11) is -2.32. The molecule has 0 saturated carbocycles. The van der Waals surface area contributed by atoms with Crippen molar-refractivity contribution in [3.05, 3.63) is 41.1 Å². The van der Waals surface area contributed by atoms with Crippen molar-refractivity contribution in [2.24, 2.45) is 0 Å². The summed E-state index contributed by atoms with van der Waals surface area (Å²) in [5, 5.41) is 16.3. The molecule has 1 aromatic carbocycles. The summed E-state index contributed by atoms with van der Waals surface area (Å²) >= 11 is 0. The number of hydrogen-bond donors (Lipinski definition) is 4. The third kappa shape index (κ3) is 6.63. The molecule has 4 N–H and O–H groups in total. The first-order chi connectivity index (χ1) is 14.5. The van der Waals surface area contributed by atoms with Crippen molar-refractivity contribution in [2.45, 2.75) is 51.3 Å². The molecule has 10 heteroatoms. The fourth-order valence-corrected chi connectivity index (χ4v) is 3.98. The van der Waals surface area contributed by atoms with Gasteiger partial charge in [-0.2, -0.15) is 5.10 Å². The van der Waals surface area contributed by atoms with Gasteiger partial charge < -0.3 is 16.0 Å². The Labute approximate surface area is 184 Å². The minimum absolute atomic E-state index is 0.151. The van der Waals surface area contributed by atoms with E-state index in [-0.39, 0.29) is 16.7 Å². The lowest BCUT2D eigenvalue weighted by Crippen LogP contribution is -2.35. The number of sulfonamides is 1. The molecule has 2 rings (SSSR count). The van der Waals surface area contributed by atoms with E-state index < -0.39 is 16.1 Å². The van der Waals surface area contributed by atoms with E-state index >= 15 is 0 Å². The largest absolute Gasteiger partial charge is 0.367 e. The fraction of sp³-hybridized carbons (Fsp3) is 0.476. The van der Waals surface area contributed by atoms with Crippen molar-refractivity contribution < 1.29 is 13.2 Å². The van der Waals surface area contributed by atoms with Gasteiger partial charge in [-0.3, -0.25) is 0 Å². The van der Waals surface area contributed by atoms with Crippen LogP contribution in [0.5, 0.6) is 0 Å².